The number of aryl methyl sites for hydroxylation is 1. The molecule has 0 radical (unpaired) electrons. The van der Waals surface area contributed by atoms with Gasteiger partial charge in [0, 0.05) is 68.3 Å². The van der Waals surface area contributed by atoms with Gasteiger partial charge in [0.25, 0.3) is 5.56 Å². The molecule has 4 heterocycles. The summed E-state index contributed by atoms with van der Waals surface area (Å²) in [5.41, 5.74) is 0.615. The number of amides is 1. The van der Waals surface area contributed by atoms with Crippen LogP contribution in [0.4, 0.5) is 5.95 Å². The molecule has 1 aromatic carbocycles. The second-order valence-electron chi connectivity index (χ2n) is 11.4. The molecule has 14 heteroatoms. The third-order valence-electron chi connectivity index (χ3n) is 8.59. The summed E-state index contributed by atoms with van der Waals surface area (Å²) in [6.07, 6.45) is 5.21. The van der Waals surface area contributed by atoms with E-state index in [1.54, 1.807) is 27.8 Å². The Kier molecular flexibility index (Phi) is 11.2. The Balaban J connectivity index is 1.50. The normalized spacial score (nSPS) is 18.3. The molecule has 0 saturated carbocycles. The summed E-state index contributed by atoms with van der Waals surface area (Å²) in [7, 11) is 2.94. The molecule has 0 bridgehead atoms. The van der Waals surface area contributed by atoms with Gasteiger partial charge in [-0.15, -0.1) is 0 Å². The average molecular weight is 686 g/mol. The van der Waals surface area contributed by atoms with Crippen molar-refractivity contribution in [2.75, 3.05) is 65.5 Å². The fraction of sp³-hybridized carbons (Fsp3) is 0.424. The summed E-state index contributed by atoms with van der Waals surface area (Å²) in [6.45, 7) is 11.7. The number of piperazine rings is 1. The van der Waals surface area contributed by atoms with Crippen molar-refractivity contribution < 1.29 is 23.8 Å². The van der Waals surface area contributed by atoms with Crippen LogP contribution in [-0.2, 0) is 20.9 Å². The van der Waals surface area contributed by atoms with Crippen LogP contribution in [0.3, 0.4) is 0 Å². The Morgan fingerprint density at radius 3 is 2.38 bits per heavy atom. The fourth-order valence-corrected chi connectivity index (χ4v) is 6.68. The molecule has 2 saturated heterocycles. The number of fused-ring (bicyclic) bond motifs is 1. The van der Waals surface area contributed by atoms with E-state index in [-0.39, 0.29) is 50.4 Å². The molecule has 12 nitrogen and oxygen atoms in total. The van der Waals surface area contributed by atoms with Crippen molar-refractivity contribution in [3.63, 3.8) is 0 Å². The molecule has 2 aliphatic heterocycles. The Hall–Kier alpha value is -3.97. The maximum absolute atomic E-state index is 14.3. The maximum Gasteiger partial charge on any atom is 0.260 e. The van der Waals surface area contributed by atoms with E-state index in [2.05, 4.69) is 28.4 Å². The standard InChI is InChI=1S/C33H38Cl2N6O6/c1-5-22(42)14-21-18-47-19-24(21)37-33-36-17-20-15-23(28-29(34)25(45-3)16-26(46-4)30(28)35)32(44)41(31(20)38-33)9-7-8-39-10-12-40(13-11-39)27(43)6-2/h5-6,15-17,21,24H,1-2,7-14,18-19H2,3-4H3,(H,36,37,38)/t21-,24+/m0/s1. The summed E-state index contributed by atoms with van der Waals surface area (Å²) in [5, 5.41) is 4.25. The zero-order valence-electron chi connectivity index (χ0n) is 26.5. The van der Waals surface area contributed by atoms with Crippen LogP contribution < -0.4 is 20.3 Å². The minimum absolute atomic E-state index is 0.0617. The first kappa shape index (κ1) is 34.4. The lowest BCUT2D eigenvalue weighted by molar-refractivity contribution is -0.127. The molecule has 2 aromatic heterocycles. The van der Waals surface area contributed by atoms with Crippen molar-refractivity contribution in [1.29, 1.82) is 0 Å². The first-order valence-corrected chi connectivity index (χ1v) is 16.1. The Morgan fingerprint density at radius 1 is 1.04 bits per heavy atom. The molecule has 2 atom stereocenters. The number of nitrogens with one attached hydrogen (secondary N) is 1. The summed E-state index contributed by atoms with van der Waals surface area (Å²) in [5.74, 6) is 0.724. The highest BCUT2D eigenvalue weighted by Crippen LogP contribution is 2.45. The van der Waals surface area contributed by atoms with Gasteiger partial charge in [-0.1, -0.05) is 36.4 Å². The topological polar surface area (TPSA) is 128 Å². The van der Waals surface area contributed by atoms with E-state index >= 15 is 0 Å². The van der Waals surface area contributed by atoms with E-state index in [0.717, 1.165) is 13.1 Å². The van der Waals surface area contributed by atoms with Gasteiger partial charge >= 0.3 is 0 Å². The maximum atomic E-state index is 14.3. The van der Waals surface area contributed by atoms with Crippen molar-refractivity contribution in [3.8, 4) is 22.6 Å². The van der Waals surface area contributed by atoms with Crippen molar-refractivity contribution in [2.24, 2.45) is 5.92 Å². The number of anilines is 1. The van der Waals surface area contributed by atoms with Crippen LogP contribution in [0.1, 0.15) is 12.8 Å². The molecule has 2 aliphatic rings. The minimum atomic E-state index is -0.346. The molecule has 1 amide bonds. The largest absolute Gasteiger partial charge is 0.495 e. The van der Waals surface area contributed by atoms with E-state index in [1.807, 2.05) is 0 Å². The number of halogens is 2. The first-order chi connectivity index (χ1) is 22.7. The molecule has 3 aromatic rings. The highest BCUT2D eigenvalue weighted by atomic mass is 35.5. The Labute approximate surface area is 282 Å². The molecule has 2 fully saturated rings. The molecule has 0 spiro atoms. The van der Waals surface area contributed by atoms with Crippen molar-refractivity contribution in [2.45, 2.75) is 25.4 Å². The fourth-order valence-electron chi connectivity index (χ4n) is 5.98. The number of aromatic nitrogens is 3. The number of hydrogen-bond donors (Lipinski definition) is 1. The van der Waals surface area contributed by atoms with Gasteiger partial charge in [-0.25, -0.2) is 4.98 Å². The number of carbonyl (C=O) groups excluding carboxylic acids is 2. The molecule has 0 aliphatic carbocycles. The summed E-state index contributed by atoms with van der Waals surface area (Å²) < 4.78 is 18.2. The van der Waals surface area contributed by atoms with Gasteiger partial charge in [0.05, 0.1) is 49.1 Å². The number of rotatable bonds is 13. The van der Waals surface area contributed by atoms with Crippen molar-refractivity contribution in [1.82, 2.24) is 24.3 Å². The lowest BCUT2D eigenvalue weighted by Crippen LogP contribution is -2.48. The molecule has 47 heavy (non-hydrogen) atoms. The number of methoxy groups -OCH3 is 2. The highest BCUT2D eigenvalue weighted by Gasteiger charge is 2.30. The predicted octanol–water partition coefficient (Wildman–Crippen LogP) is 4.07. The molecule has 5 rings (SSSR count). The molecule has 250 valence electrons. The van der Waals surface area contributed by atoms with Crippen LogP contribution in [0, 0.1) is 5.92 Å². The van der Waals surface area contributed by atoms with Crippen LogP contribution >= 0.6 is 23.2 Å². The number of allylic oxidation sites excluding steroid dienone is 1. The zero-order chi connectivity index (χ0) is 33.7. The third kappa shape index (κ3) is 7.46. The van der Waals surface area contributed by atoms with Gasteiger partial charge in [0.1, 0.15) is 17.1 Å². The minimum Gasteiger partial charge on any atom is -0.495 e. The SMILES string of the molecule is C=CC(=O)C[C@H]1COC[C@H]1Nc1ncc2cc(-c3c(Cl)c(OC)cc(OC)c3Cl)c(=O)n(CCCN3CCN(C(=O)C=C)CC3)c2n1. The van der Waals surface area contributed by atoms with Gasteiger partial charge in [0.15, 0.2) is 5.78 Å². The van der Waals surface area contributed by atoms with Crippen LogP contribution in [0.5, 0.6) is 11.5 Å². The monoisotopic (exact) mass is 684 g/mol. The quantitative estimate of drug-likeness (QED) is 0.263. The Morgan fingerprint density at radius 2 is 1.74 bits per heavy atom. The summed E-state index contributed by atoms with van der Waals surface area (Å²) >= 11 is 13.5. The lowest BCUT2D eigenvalue weighted by Gasteiger charge is -2.34. The van der Waals surface area contributed by atoms with Crippen LogP contribution in [0.25, 0.3) is 22.2 Å². The van der Waals surface area contributed by atoms with Crippen molar-refractivity contribution >= 4 is 51.9 Å². The first-order valence-electron chi connectivity index (χ1n) is 15.3. The smallest absolute Gasteiger partial charge is 0.260 e. The van der Waals surface area contributed by atoms with E-state index in [1.165, 1.54) is 26.4 Å². The molecular formula is C33H38Cl2N6O6. The van der Waals surface area contributed by atoms with E-state index in [4.69, 9.17) is 42.4 Å². The van der Waals surface area contributed by atoms with E-state index in [0.29, 0.717) is 80.7 Å². The second kappa shape index (κ2) is 15.3. The second-order valence-corrected chi connectivity index (χ2v) is 12.2. The Bertz CT molecular complexity index is 1710. The number of nitrogens with zero attached hydrogens (tertiary/aromatic N) is 5. The summed E-state index contributed by atoms with van der Waals surface area (Å²) in [6, 6.07) is 3.05. The number of ether oxygens (including phenoxy) is 3. The molecule has 1 N–H and O–H groups in total. The summed E-state index contributed by atoms with van der Waals surface area (Å²) in [4.78, 5) is 51.7. The average Bonchev–Trinajstić information content (AvgIpc) is 3.52. The molecule has 0 unspecified atom stereocenters. The van der Waals surface area contributed by atoms with Gasteiger partial charge in [-0.05, 0) is 31.2 Å². The third-order valence-corrected chi connectivity index (χ3v) is 9.34. The number of ketones is 1. The zero-order valence-corrected chi connectivity index (χ0v) is 28.0. The van der Waals surface area contributed by atoms with Crippen LogP contribution in [0.15, 0.2) is 48.4 Å². The lowest BCUT2D eigenvalue weighted by atomic mass is 9.97. The van der Waals surface area contributed by atoms with Gasteiger partial charge in [0.2, 0.25) is 11.9 Å². The van der Waals surface area contributed by atoms with Gasteiger partial charge in [-0.3, -0.25) is 23.9 Å². The van der Waals surface area contributed by atoms with Crippen LogP contribution in [0.2, 0.25) is 10.0 Å². The number of pyridine rings is 1. The number of benzene rings is 1. The van der Waals surface area contributed by atoms with E-state index < -0.39 is 0 Å². The van der Waals surface area contributed by atoms with E-state index in [9.17, 15) is 14.4 Å². The van der Waals surface area contributed by atoms with Gasteiger partial charge < -0.3 is 24.4 Å². The molecular weight excluding hydrogens is 647 g/mol. The van der Waals surface area contributed by atoms with Crippen LogP contribution in [-0.4, -0.2) is 102 Å². The highest BCUT2D eigenvalue weighted by molar-refractivity contribution is 6.41. The van der Waals surface area contributed by atoms with Crippen molar-refractivity contribution in [3.05, 3.63) is 64.0 Å². The predicted molar refractivity (Wildman–Crippen MR) is 182 cm³/mol. The van der Waals surface area contributed by atoms with Gasteiger partial charge in [-0.2, -0.15) is 4.98 Å². The number of carbonyl (C=O) groups is 2. The number of hydrogen-bond acceptors (Lipinski definition) is 10.